The molecule has 24 heavy (non-hydrogen) atoms. The molecule has 2 aromatic heterocycles. The molecule has 3 rings (SSSR count). The number of carbonyl (C=O) groups excluding carboxylic acids is 1. The summed E-state index contributed by atoms with van der Waals surface area (Å²) in [7, 11) is 1.73. The lowest BCUT2D eigenvalue weighted by atomic mass is 9.81. The Kier molecular flexibility index (Phi) is 4.40. The number of nitrogens with one attached hydrogen (secondary N) is 1. The van der Waals surface area contributed by atoms with Crippen molar-refractivity contribution in [3.63, 3.8) is 0 Å². The van der Waals surface area contributed by atoms with Crippen LogP contribution in [0.4, 0.5) is 5.95 Å². The third kappa shape index (κ3) is 3.81. The fraction of sp³-hybridized carbons (Fsp3) is 0.533. The molecule has 0 aromatic carbocycles. The summed E-state index contributed by atoms with van der Waals surface area (Å²) in [6, 6.07) is -0.0254. The van der Waals surface area contributed by atoms with Gasteiger partial charge < -0.3 is 10.2 Å². The number of nitrogens with zero attached hydrogens (tertiary/aromatic N) is 6. The molecule has 1 fully saturated rings. The standard InChI is InChI=1S/C15H20ClN7O/c1-15(2)4-11(19-13(24)12-8-22(3)21-20-12)7-23(9-15)14-17-5-10(16)6-18-14/h5-6,8,11H,4,7,9H2,1-3H3,(H,19,24). The molecule has 1 N–H and O–H groups in total. The molecular formula is C15H20ClN7O. The number of piperidine rings is 1. The van der Waals surface area contributed by atoms with Crippen LogP contribution in [-0.4, -0.2) is 50.0 Å². The number of halogens is 1. The highest BCUT2D eigenvalue weighted by Gasteiger charge is 2.34. The molecule has 1 atom stereocenters. The molecule has 1 aliphatic rings. The van der Waals surface area contributed by atoms with Gasteiger partial charge in [-0.2, -0.15) is 0 Å². The maximum absolute atomic E-state index is 12.3. The van der Waals surface area contributed by atoms with Gasteiger partial charge in [-0.1, -0.05) is 30.7 Å². The second-order valence-electron chi connectivity index (χ2n) is 6.90. The number of aryl methyl sites for hydroxylation is 1. The summed E-state index contributed by atoms with van der Waals surface area (Å²) in [6.07, 6.45) is 5.63. The zero-order chi connectivity index (χ0) is 17.3. The zero-order valence-electron chi connectivity index (χ0n) is 13.9. The monoisotopic (exact) mass is 349 g/mol. The Morgan fingerprint density at radius 2 is 2.08 bits per heavy atom. The largest absolute Gasteiger partial charge is 0.346 e. The van der Waals surface area contributed by atoms with Crippen molar-refractivity contribution in [3.8, 4) is 0 Å². The fourth-order valence-electron chi connectivity index (χ4n) is 3.07. The summed E-state index contributed by atoms with van der Waals surface area (Å²) in [5.41, 5.74) is 0.330. The van der Waals surface area contributed by atoms with Crippen molar-refractivity contribution in [2.45, 2.75) is 26.3 Å². The highest BCUT2D eigenvalue weighted by molar-refractivity contribution is 6.30. The third-order valence-electron chi connectivity index (χ3n) is 3.92. The van der Waals surface area contributed by atoms with Gasteiger partial charge in [0.1, 0.15) is 0 Å². The van der Waals surface area contributed by atoms with Gasteiger partial charge in [-0.3, -0.25) is 9.48 Å². The second-order valence-corrected chi connectivity index (χ2v) is 7.33. The van der Waals surface area contributed by atoms with E-state index in [0.29, 0.717) is 23.2 Å². The van der Waals surface area contributed by atoms with Crippen molar-refractivity contribution in [3.05, 3.63) is 29.3 Å². The average molecular weight is 350 g/mol. The molecule has 128 valence electrons. The van der Waals surface area contributed by atoms with E-state index in [2.05, 4.69) is 44.3 Å². The van der Waals surface area contributed by atoms with Gasteiger partial charge in [-0.15, -0.1) is 5.10 Å². The van der Waals surface area contributed by atoms with Gasteiger partial charge in [0.25, 0.3) is 5.91 Å². The SMILES string of the molecule is Cn1cc(C(=O)NC2CN(c3ncc(Cl)cn3)CC(C)(C)C2)nn1. The van der Waals surface area contributed by atoms with Crippen molar-refractivity contribution >= 4 is 23.5 Å². The first kappa shape index (κ1) is 16.6. The summed E-state index contributed by atoms with van der Waals surface area (Å²) in [6.45, 7) is 5.77. The molecule has 2 aromatic rings. The molecule has 0 aliphatic carbocycles. The Morgan fingerprint density at radius 1 is 1.38 bits per heavy atom. The maximum atomic E-state index is 12.3. The Morgan fingerprint density at radius 3 is 2.71 bits per heavy atom. The molecule has 1 amide bonds. The van der Waals surface area contributed by atoms with Crippen LogP contribution in [0.15, 0.2) is 18.6 Å². The van der Waals surface area contributed by atoms with Gasteiger partial charge >= 0.3 is 0 Å². The molecule has 0 spiro atoms. The molecular weight excluding hydrogens is 330 g/mol. The number of carbonyl (C=O) groups is 1. The van der Waals surface area contributed by atoms with Gasteiger partial charge in [-0.05, 0) is 11.8 Å². The fourth-order valence-corrected chi connectivity index (χ4v) is 3.17. The Bertz CT molecular complexity index is 728. The Labute approximate surface area is 145 Å². The molecule has 3 heterocycles. The van der Waals surface area contributed by atoms with E-state index in [0.717, 1.165) is 13.0 Å². The molecule has 8 nitrogen and oxygen atoms in total. The predicted molar refractivity (Wildman–Crippen MR) is 89.9 cm³/mol. The first-order valence-corrected chi connectivity index (χ1v) is 8.10. The number of anilines is 1. The van der Waals surface area contributed by atoms with E-state index in [1.165, 1.54) is 4.68 Å². The summed E-state index contributed by atoms with van der Waals surface area (Å²) in [5.74, 6) is 0.397. The summed E-state index contributed by atoms with van der Waals surface area (Å²) < 4.78 is 1.51. The number of hydrogen-bond donors (Lipinski definition) is 1. The number of aromatic nitrogens is 5. The molecule has 0 bridgehead atoms. The Hall–Kier alpha value is -2.22. The smallest absolute Gasteiger partial charge is 0.273 e. The predicted octanol–water partition coefficient (Wildman–Crippen LogP) is 1.29. The van der Waals surface area contributed by atoms with Gasteiger partial charge in [0.15, 0.2) is 5.69 Å². The maximum Gasteiger partial charge on any atom is 0.273 e. The minimum Gasteiger partial charge on any atom is -0.346 e. The minimum atomic E-state index is -0.220. The van der Waals surface area contributed by atoms with Crippen LogP contribution in [-0.2, 0) is 7.05 Å². The number of amides is 1. The van der Waals surface area contributed by atoms with Crippen molar-refractivity contribution < 1.29 is 4.79 Å². The highest BCUT2D eigenvalue weighted by Crippen LogP contribution is 2.30. The lowest BCUT2D eigenvalue weighted by Crippen LogP contribution is -2.54. The van der Waals surface area contributed by atoms with E-state index in [9.17, 15) is 4.79 Å². The van der Waals surface area contributed by atoms with Crippen LogP contribution in [0.3, 0.4) is 0 Å². The van der Waals surface area contributed by atoms with Gasteiger partial charge in [0, 0.05) is 26.2 Å². The Balaban J connectivity index is 1.73. The lowest BCUT2D eigenvalue weighted by Gasteiger charge is -2.42. The van der Waals surface area contributed by atoms with Crippen LogP contribution in [0.5, 0.6) is 0 Å². The van der Waals surface area contributed by atoms with Crippen LogP contribution < -0.4 is 10.2 Å². The number of rotatable bonds is 3. The van der Waals surface area contributed by atoms with E-state index < -0.39 is 0 Å². The van der Waals surface area contributed by atoms with Crippen molar-refractivity contribution in [2.75, 3.05) is 18.0 Å². The number of hydrogen-bond acceptors (Lipinski definition) is 6. The van der Waals surface area contributed by atoms with Crippen molar-refractivity contribution in [2.24, 2.45) is 12.5 Å². The summed E-state index contributed by atoms with van der Waals surface area (Å²) >= 11 is 5.86. The second kappa shape index (κ2) is 6.35. The molecule has 1 aliphatic heterocycles. The van der Waals surface area contributed by atoms with Gasteiger partial charge in [0.2, 0.25) is 5.95 Å². The lowest BCUT2D eigenvalue weighted by molar-refractivity contribution is 0.0912. The van der Waals surface area contributed by atoms with E-state index in [1.54, 1.807) is 25.6 Å². The topological polar surface area (TPSA) is 88.8 Å². The highest BCUT2D eigenvalue weighted by atomic mass is 35.5. The minimum absolute atomic E-state index is 0.0154. The van der Waals surface area contributed by atoms with Crippen LogP contribution in [0, 0.1) is 5.41 Å². The van der Waals surface area contributed by atoms with Crippen LogP contribution >= 0.6 is 11.6 Å². The van der Waals surface area contributed by atoms with Crippen molar-refractivity contribution in [1.82, 2.24) is 30.3 Å². The average Bonchev–Trinajstić information content (AvgIpc) is 2.93. The van der Waals surface area contributed by atoms with Crippen LogP contribution in [0.1, 0.15) is 30.8 Å². The summed E-state index contributed by atoms with van der Waals surface area (Å²) in [4.78, 5) is 23.0. The first-order valence-electron chi connectivity index (χ1n) is 7.72. The third-order valence-corrected chi connectivity index (χ3v) is 4.11. The quantitative estimate of drug-likeness (QED) is 0.898. The van der Waals surface area contributed by atoms with E-state index >= 15 is 0 Å². The molecule has 0 radical (unpaired) electrons. The van der Waals surface area contributed by atoms with E-state index in [4.69, 9.17) is 11.6 Å². The zero-order valence-corrected chi connectivity index (χ0v) is 14.7. The van der Waals surface area contributed by atoms with Crippen molar-refractivity contribution in [1.29, 1.82) is 0 Å². The normalized spacial score (nSPS) is 20.0. The molecule has 1 saturated heterocycles. The van der Waals surface area contributed by atoms with Crippen LogP contribution in [0.2, 0.25) is 5.02 Å². The van der Waals surface area contributed by atoms with E-state index in [1.807, 2.05) is 0 Å². The van der Waals surface area contributed by atoms with Crippen LogP contribution in [0.25, 0.3) is 0 Å². The molecule has 1 unspecified atom stereocenters. The van der Waals surface area contributed by atoms with Gasteiger partial charge in [0.05, 0.1) is 23.6 Å². The van der Waals surface area contributed by atoms with Gasteiger partial charge in [-0.25, -0.2) is 9.97 Å². The molecule has 0 saturated carbocycles. The molecule has 9 heteroatoms. The van der Waals surface area contributed by atoms with E-state index in [-0.39, 0.29) is 17.4 Å². The summed E-state index contributed by atoms with van der Waals surface area (Å²) in [5, 5.41) is 11.2. The first-order chi connectivity index (χ1) is 11.3.